The van der Waals surface area contributed by atoms with Crippen molar-refractivity contribution in [2.45, 2.75) is 0 Å². The molecule has 1 N–H and O–H groups in total. The Morgan fingerprint density at radius 2 is 1.53 bits per heavy atom. The Morgan fingerprint density at radius 1 is 0.947 bits per heavy atom. The van der Waals surface area contributed by atoms with Gasteiger partial charge in [-0.15, -0.1) is 0 Å². The number of benzene rings is 1. The van der Waals surface area contributed by atoms with Gasteiger partial charge in [0, 0.05) is 35.9 Å². The van der Waals surface area contributed by atoms with Crippen LogP contribution in [0.5, 0.6) is 0 Å². The maximum atomic E-state index is 11.8. The molecule has 100 valence electrons. The molecule has 0 saturated carbocycles. The molecular weight excluding hydrogens is 289 g/mol. The summed E-state index contributed by atoms with van der Waals surface area (Å²) in [6, 6.07) is 6.22. The van der Waals surface area contributed by atoms with Crippen LogP contribution in [0.25, 0.3) is 0 Å². The first-order chi connectivity index (χ1) is 8.88. The van der Waals surface area contributed by atoms with Crippen molar-refractivity contribution in [2.75, 3.05) is 5.32 Å². The van der Waals surface area contributed by atoms with Gasteiger partial charge in [0.25, 0.3) is 5.56 Å². The second kappa shape index (κ2) is 5.11. The van der Waals surface area contributed by atoms with Crippen LogP contribution < -0.4 is 16.6 Å². The molecule has 0 aliphatic rings. The number of rotatable bonds is 2. The predicted molar refractivity (Wildman–Crippen MR) is 76.7 cm³/mol. The van der Waals surface area contributed by atoms with E-state index in [2.05, 4.69) is 5.32 Å². The number of hydrogen-bond acceptors (Lipinski definition) is 3. The maximum Gasteiger partial charge on any atom is 0.332 e. The Morgan fingerprint density at radius 3 is 2.11 bits per heavy atom. The minimum Gasteiger partial charge on any atom is -0.341 e. The van der Waals surface area contributed by atoms with Crippen LogP contribution >= 0.6 is 23.2 Å². The third-order valence-electron chi connectivity index (χ3n) is 2.66. The molecule has 0 aliphatic heterocycles. The molecule has 5 nitrogen and oxygen atoms in total. The Labute approximate surface area is 119 Å². The molecular formula is C12H11Cl2N3O2. The molecule has 0 fully saturated rings. The average molecular weight is 300 g/mol. The van der Waals surface area contributed by atoms with E-state index in [9.17, 15) is 9.59 Å². The normalized spacial score (nSPS) is 10.5. The zero-order valence-corrected chi connectivity index (χ0v) is 11.8. The highest BCUT2D eigenvalue weighted by molar-refractivity contribution is 6.35. The molecule has 2 rings (SSSR count). The molecule has 0 saturated heterocycles. The number of nitrogens with zero attached hydrogens (tertiary/aromatic N) is 2. The highest BCUT2D eigenvalue weighted by Crippen LogP contribution is 2.24. The first kappa shape index (κ1) is 13.7. The van der Waals surface area contributed by atoms with E-state index in [0.717, 1.165) is 4.57 Å². The van der Waals surface area contributed by atoms with E-state index in [1.807, 2.05) is 0 Å². The molecule has 0 bridgehead atoms. The van der Waals surface area contributed by atoms with Crippen molar-refractivity contribution in [3.8, 4) is 0 Å². The quantitative estimate of drug-likeness (QED) is 0.924. The molecule has 0 aliphatic carbocycles. The fraction of sp³-hybridized carbons (Fsp3) is 0.167. The third-order valence-corrected chi connectivity index (χ3v) is 3.10. The molecule has 1 aromatic carbocycles. The Hall–Kier alpha value is -1.72. The summed E-state index contributed by atoms with van der Waals surface area (Å²) < 4.78 is 2.35. The van der Waals surface area contributed by atoms with Gasteiger partial charge in [-0.25, -0.2) is 4.79 Å². The fourth-order valence-corrected chi connectivity index (χ4v) is 2.15. The molecule has 0 unspecified atom stereocenters. The minimum atomic E-state index is -0.414. The largest absolute Gasteiger partial charge is 0.341 e. The maximum absolute atomic E-state index is 11.8. The van der Waals surface area contributed by atoms with Crippen molar-refractivity contribution in [2.24, 2.45) is 14.1 Å². The lowest BCUT2D eigenvalue weighted by molar-refractivity contribution is 0.693. The first-order valence-corrected chi connectivity index (χ1v) is 6.14. The van der Waals surface area contributed by atoms with Gasteiger partial charge in [0.05, 0.1) is 0 Å². The van der Waals surface area contributed by atoms with Gasteiger partial charge >= 0.3 is 5.69 Å². The predicted octanol–water partition coefficient (Wildman–Crippen LogP) is 2.13. The van der Waals surface area contributed by atoms with Gasteiger partial charge in [-0.05, 0) is 18.2 Å². The van der Waals surface area contributed by atoms with Gasteiger partial charge in [-0.3, -0.25) is 13.9 Å². The molecule has 1 aromatic heterocycles. The topological polar surface area (TPSA) is 56.0 Å². The van der Waals surface area contributed by atoms with E-state index >= 15 is 0 Å². The van der Waals surface area contributed by atoms with Crippen LogP contribution in [-0.4, -0.2) is 9.13 Å². The van der Waals surface area contributed by atoms with E-state index in [0.29, 0.717) is 21.6 Å². The monoisotopic (exact) mass is 299 g/mol. The summed E-state index contributed by atoms with van der Waals surface area (Å²) in [5.74, 6) is 0.367. The second-order valence-corrected chi connectivity index (χ2v) is 4.92. The number of halogens is 2. The molecule has 2 aromatic rings. The molecule has 19 heavy (non-hydrogen) atoms. The Balaban J connectivity index is 2.50. The summed E-state index contributed by atoms with van der Waals surface area (Å²) in [6.07, 6.45) is 0. The minimum absolute atomic E-state index is 0.367. The molecule has 0 amide bonds. The lowest BCUT2D eigenvalue weighted by Gasteiger charge is -2.12. The Bertz CT molecular complexity index is 729. The smallest absolute Gasteiger partial charge is 0.332 e. The van der Waals surface area contributed by atoms with Gasteiger partial charge in [-0.1, -0.05) is 23.2 Å². The van der Waals surface area contributed by atoms with Crippen LogP contribution in [0, 0.1) is 0 Å². The molecule has 0 spiro atoms. The third kappa shape index (κ3) is 2.83. The highest BCUT2D eigenvalue weighted by atomic mass is 35.5. The Kier molecular flexibility index (Phi) is 3.68. The molecule has 0 radical (unpaired) electrons. The summed E-state index contributed by atoms with van der Waals surface area (Å²) in [4.78, 5) is 23.4. The van der Waals surface area contributed by atoms with Gasteiger partial charge in [0.2, 0.25) is 0 Å². The van der Waals surface area contributed by atoms with Crippen LogP contribution in [0.4, 0.5) is 11.5 Å². The summed E-state index contributed by atoms with van der Waals surface area (Å²) in [7, 11) is 2.99. The second-order valence-electron chi connectivity index (χ2n) is 4.05. The molecule has 1 heterocycles. The van der Waals surface area contributed by atoms with E-state index < -0.39 is 11.2 Å². The van der Waals surface area contributed by atoms with E-state index in [-0.39, 0.29) is 0 Å². The number of hydrogen-bond donors (Lipinski definition) is 1. The first-order valence-electron chi connectivity index (χ1n) is 5.38. The number of nitrogens with one attached hydrogen (secondary N) is 1. The highest BCUT2D eigenvalue weighted by Gasteiger charge is 2.06. The van der Waals surface area contributed by atoms with E-state index in [1.165, 1.54) is 17.7 Å². The van der Waals surface area contributed by atoms with Crippen molar-refractivity contribution in [3.63, 3.8) is 0 Å². The van der Waals surface area contributed by atoms with Gasteiger partial charge in [-0.2, -0.15) is 0 Å². The molecule has 0 atom stereocenters. The summed E-state index contributed by atoms with van der Waals surface area (Å²) in [5.41, 5.74) is -0.206. The van der Waals surface area contributed by atoms with Gasteiger partial charge < -0.3 is 5.32 Å². The van der Waals surface area contributed by atoms with Gasteiger partial charge in [0.1, 0.15) is 5.82 Å². The lowest BCUT2D eigenvalue weighted by atomic mass is 10.3. The lowest BCUT2D eigenvalue weighted by Crippen LogP contribution is -2.37. The van der Waals surface area contributed by atoms with Crippen molar-refractivity contribution in [1.82, 2.24) is 9.13 Å². The van der Waals surface area contributed by atoms with Crippen molar-refractivity contribution in [3.05, 3.63) is 55.1 Å². The van der Waals surface area contributed by atoms with E-state index in [4.69, 9.17) is 23.2 Å². The zero-order chi connectivity index (χ0) is 14.2. The SMILES string of the molecule is Cn1c(Nc2cc(Cl)cc(Cl)c2)cc(=O)n(C)c1=O. The zero-order valence-electron chi connectivity index (χ0n) is 10.3. The standard InChI is InChI=1S/C12H11Cl2N3O2/c1-16-10(6-11(18)17(2)12(16)19)15-9-4-7(13)3-8(14)5-9/h3-6,15H,1-2H3. The summed E-state index contributed by atoms with van der Waals surface area (Å²) >= 11 is 11.8. The van der Waals surface area contributed by atoms with Crippen molar-refractivity contribution >= 4 is 34.7 Å². The van der Waals surface area contributed by atoms with Crippen LogP contribution in [0.1, 0.15) is 0 Å². The van der Waals surface area contributed by atoms with E-state index in [1.54, 1.807) is 25.2 Å². The van der Waals surface area contributed by atoms with Gasteiger partial charge in [0.15, 0.2) is 0 Å². The molecule has 7 heteroatoms. The van der Waals surface area contributed by atoms with Crippen LogP contribution in [0.3, 0.4) is 0 Å². The van der Waals surface area contributed by atoms with Crippen molar-refractivity contribution in [1.29, 1.82) is 0 Å². The summed E-state index contributed by atoms with van der Waals surface area (Å²) in [6.45, 7) is 0. The average Bonchev–Trinajstić information content (AvgIpc) is 2.32. The van der Waals surface area contributed by atoms with Crippen LogP contribution in [0.15, 0.2) is 33.9 Å². The van der Waals surface area contributed by atoms with Crippen molar-refractivity contribution < 1.29 is 0 Å². The fourth-order valence-electron chi connectivity index (χ4n) is 1.63. The van der Waals surface area contributed by atoms with Crippen LogP contribution in [-0.2, 0) is 14.1 Å². The van der Waals surface area contributed by atoms with Crippen LogP contribution in [0.2, 0.25) is 10.0 Å². The summed E-state index contributed by atoms with van der Waals surface area (Å²) in [5, 5.41) is 3.87. The number of aromatic nitrogens is 2. The number of anilines is 2.